The summed E-state index contributed by atoms with van der Waals surface area (Å²) in [4.78, 5) is 13.7. The maximum atomic E-state index is 12.9. The predicted molar refractivity (Wildman–Crippen MR) is 87.5 cm³/mol. The van der Waals surface area contributed by atoms with Crippen molar-refractivity contribution in [2.75, 3.05) is 20.3 Å². The molecule has 1 heterocycles. The van der Waals surface area contributed by atoms with E-state index < -0.39 is 0 Å². The maximum absolute atomic E-state index is 12.9. The summed E-state index contributed by atoms with van der Waals surface area (Å²) in [5.74, 6) is 1.15. The highest BCUT2D eigenvalue weighted by atomic mass is 19.1. The van der Waals surface area contributed by atoms with Crippen molar-refractivity contribution in [2.24, 2.45) is 0 Å². The predicted octanol–water partition coefficient (Wildman–Crippen LogP) is 2.94. The van der Waals surface area contributed by atoms with Crippen LogP contribution >= 0.6 is 0 Å². The van der Waals surface area contributed by atoms with Gasteiger partial charge in [-0.1, -0.05) is 18.2 Å². The first-order valence-corrected chi connectivity index (χ1v) is 7.74. The van der Waals surface area contributed by atoms with Crippen LogP contribution in [0.5, 0.6) is 11.5 Å². The van der Waals surface area contributed by atoms with Gasteiger partial charge >= 0.3 is 6.03 Å². The number of carbonyl (C=O) groups excluding carboxylic acids is 1. The fourth-order valence-corrected chi connectivity index (χ4v) is 2.45. The van der Waals surface area contributed by atoms with Crippen LogP contribution in [0.1, 0.15) is 11.1 Å². The van der Waals surface area contributed by atoms with Gasteiger partial charge in [-0.25, -0.2) is 9.18 Å². The van der Waals surface area contributed by atoms with Crippen LogP contribution in [-0.4, -0.2) is 31.2 Å². The van der Waals surface area contributed by atoms with E-state index in [0.717, 1.165) is 16.9 Å². The number of hydrogen-bond acceptors (Lipinski definition) is 3. The number of fused-ring (bicyclic) bond motifs is 1. The summed E-state index contributed by atoms with van der Waals surface area (Å²) >= 11 is 0. The van der Waals surface area contributed by atoms with Crippen molar-refractivity contribution in [1.29, 1.82) is 0 Å². The molecule has 1 aliphatic heterocycles. The number of hydrogen-bond donors (Lipinski definition) is 1. The minimum atomic E-state index is -0.291. The molecule has 0 aromatic heterocycles. The molecule has 0 bridgehead atoms. The average molecular weight is 330 g/mol. The number of carbonyl (C=O) groups is 1. The molecule has 0 saturated heterocycles. The van der Waals surface area contributed by atoms with Gasteiger partial charge in [0.05, 0.1) is 0 Å². The van der Waals surface area contributed by atoms with Crippen molar-refractivity contribution in [1.82, 2.24) is 10.2 Å². The quantitative estimate of drug-likeness (QED) is 0.938. The fourth-order valence-electron chi connectivity index (χ4n) is 2.45. The molecule has 2 aromatic carbocycles. The Morgan fingerprint density at radius 1 is 1.08 bits per heavy atom. The van der Waals surface area contributed by atoms with Crippen LogP contribution in [0.2, 0.25) is 0 Å². The maximum Gasteiger partial charge on any atom is 0.317 e. The van der Waals surface area contributed by atoms with Crippen molar-refractivity contribution in [3.8, 4) is 11.5 Å². The topological polar surface area (TPSA) is 50.8 Å². The number of benzene rings is 2. The lowest BCUT2D eigenvalue weighted by atomic mass is 10.2. The Kier molecular flexibility index (Phi) is 4.84. The molecule has 0 spiro atoms. The highest BCUT2D eigenvalue weighted by Gasteiger charge is 2.14. The number of nitrogens with zero attached hydrogens (tertiary/aromatic N) is 1. The van der Waals surface area contributed by atoms with Crippen molar-refractivity contribution >= 4 is 6.03 Å². The van der Waals surface area contributed by atoms with E-state index in [2.05, 4.69) is 5.32 Å². The van der Waals surface area contributed by atoms with Crippen LogP contribution in [0.3, 0.4) is 0 Å². The molecule has 0 fully saturated rings. The van der Waals surface area contributed by atoms with Crippen molar-refractivity contribution in [3.63, 3.8) is 0 Å². The van der Waals surface area contributed by atoms with Gasteiger partial charge in [-0.15, -0.1) is 0 Å². The molecule has 0 aliphatic carbocycles. The molecule has 1 aliphatic rings. The van der Waals surface area contributed by atoms with Crippen LogP contribution in [0.15, 0.2) is 42.5 Å². The Balaban J connectivity index is 1.55. The second-order valence-corrected chi connectivity index (χ2v) is 5.62. The number of ether oxygens (including phenoxy) is 2. The van der Waals surface area contributed by atoms with Gasteiger partial charge in [-0.05, 0) is 35.4 Å². The van der Waals surface area contributed by atoms with E-state index in [-0.39, 0.29) is 11.8 Å². The van der Waals surface area contributed by atoms with Crippen LogP contribution in [0, 0.1) is 5.82 Å². The van der Waals surface area contributed by atoms with Gasteiger partial charge in [0.1, 0.15) is 19.0 Å². The molecule has 6 heteroatoms. The van der Waals surface area contributed by atoms with E-state index in [9.17, 15) is 9.18 Å². The Bertz CT molecular complexity index is 719. The number of nitrogens with one attached hydrogen (secondary N) is 1. The average Bonchev–Trinajstić information content (AvgIpc) is 2.61. The third-order valence-electron chi connectivity index (χ3n) is 3.73. The first-order valence-electron chi connectivity index (χ1n) is 7.74. The van der Waals surface area contributed by atoms with Gasteiger partial charge in [-0.2, -0.15) is 0 Å². The largest absolute Gasteiger partial charge is 0.486 e. The van der Waals surface area contributed by atoms with Gasteiger partial charge < -0.3 is 19.7 Å². The van der Waals surface area contributed by atoms with Gasteiger partial charge in [-0.3, -0.25) is 0 Å². The number of urea groups is 1. The highest BCUT2D eigenvalue weighted by Crippen LogP contribution is 2.31. The lowest BCUT2D eigenvalue weighted by Crippen LogP contribution is -2.36. The number of rotatable bonds is 4. The monoisotopic (exact) mass is 330 g/mol. The first-order chi connectivity index (χ1) is 11.6. The SMILES string of the molecule is CN(Cc1ccc2c(c1)OCCO2)C(=O)NCc1ccc(F)cc1. The van der Waals surface area contributed by atoms with E-state index in [4.69, 9.17) is 9.47 Å². The molecular formula is C18H19FN2O3. The fraction of sp³-hybridized carbons (Fsp3) is 0.278. The second-order valence-electron chi connectivity index (χ2n) is 5.62. The van der Waals surface area contributed by atoms with Crippen LogP contribution in [0.25, 0.3) is 0 Å². The number of halogens is 1. The van der Waals surface area contributed by atoms with Crippen LogP contribution in [0.4, 0.5) is 9.18 Å². The van der Waals surface area contributed by atoms with Crippen molar-refractivity contribution < 1.29 is 18.7 Å². The summed E-state index contributed by atoms with van der Waals surface area (Å²) < 4.78 is 23.9. The molecule has 0 atom stereocenters. The van der Waals surface area contributed by atoms with E-state index in [1.54, 1.807) is 24.1 Å². The molecule has 0 saturated carbocycles. The number of amides is 2. The summed E-state index contributed by atoms with van der Waals surface area (Å²) in [5.41, 5.74) is 1.80. The minimum absolute atomic E-state index is 0.200. The lowest BCUT2D eigenvalue weighted by Gasteiger charge is -2.21. The van der Waals surface area contributed by atoms with Gasteiger partial charge in [0.2, 0.25) is 0 Å². The third kappa shape index (κ3) is 3.95. The van der Waals surface area contributed by atoms with Crippen LogP contribution in [-0.2, 0) is 13.1 Å². The van der Waals surface area contributed by atoms with Gasteiger partial charge in [0.25, 0.3) is 0 Å². The third-order valence-corrected chi connectivity index (χ3v) is 3.73. The smallest absolute Gasteiger partial charge is 0.317 e. The van der Waals surface area contributed by atoms with Crippen molar-refractivity contribution in [3.05, 3.63) is 59.4 Å². The summed E-state index contributed by atoms with van der Waals surface area (Å²) in [6, 6.07) is 11.5. The highest BCUT2D eigenvalue weighted by molar-refractivity contribution is 5.73. The first kappa shape index (κ1) is 16.1. The van der Waals surface area contributed by atoms with E-state index in [0.29, 0.717) is 32.1 Å². The molecule has 2 aromatic rings. The van der Waals surface area contributed by atoms with Gasteiger partial charge in [0.15, 0.2) is 11.5 Å². The zero-order chi connectivity index (χ0) is 16.9. The molecule has 5 nitrogen and oxygen atoms in total. The molecule has 2 amide bonds. The molecule has 0 radical (unpaired) electrons. The van der Waals surface area contributed by atoms with Crippen molar-refractivity contribution in [2.45, 2.75) is 13.1 Å². The summed E-state index contributed by atoms with van der Waals surface area (Å²) in [5, 5.41) is 2.81. The molecule has 24 heavy (non-hydrogen) atoms. The molecule has 1 N–H and O–H groups in total. The molecule has 3 rings (SSSR count). The zero-order valence-corrected chi connectivity index (χ0v) is 13.4. The molecular weight excluding hydrogens is 311 g/mol. The summed E-state index contributed by atoms with van der Waals surface area (Å²) in [7, 11) is 1.72. The van der Waals surface area contributed by atoms with E-state index in [1.807, 2.05) is 18.2 Å². The minimum Gasteiger partial charge on any atom is -0.486 e. The zero-order valence-electron chi connectivity index (χ0n) is 13.4. The Morgan fingerprint density at radius 3 is 2.50 bits per heavy atom. The molecule has 126 valence electrons. The lowest BCUT2D eigenvalue weighted by molar-refractivity contribution is 0.171. The summed E-state index contributed by atoms with van der Waals surface area (Å²) in [6.45, 7) is 1.89. The Morgan fingerprint density at radius 2 is 1.75 bits per heavy atom. The molecule has 0 unspecified atom stereocenters. The normalized spacial score (nSPS) is 12.6. The van der Waals surface area contributed by atoms with E-state index in [1.165, 1.54) is 12.1 Å². The van der Waals surface area contributed by atoms with Crippen LogP contribution < -0.4 is 14.8 Å². The summed E-state index contributed by atoms with van der Waals surface area (Å²) in [6.07, 6.45) is 0. The Labute approximate surface area is 140 Å². The van der Waals surface area contributed by atoms with E-state index >= 15 is 0 Å². The Hall–Kier alpha value is -2.76. The van der Waals surface area contributed by atoms with Gasteiger partial charge in [0, 0.05) is 20.1 Å². The second kappa shape index (κ2) is 7.21. The standard InChI is InChI=1S/C18H19FN2O3/c1-21(18(22)20-11-13-2-5-15(19)6-3-13)12-14-4-7-16-17(10-14)24-9-8-23-16/h2-7,10H,8-9,11-12H2,1H3,(H,20,22).